The molecule has 1 saturated heterocycles. The second-order valence-electron chi connectivity index (χ2n) is 5.27. The number of phenols is 1. The summed E-state index contributed by atoms with van der Waals surface area (Å²) >= 11 is 0. The van der Waals surface area contributed by atoms with Gasteiger partial charge in [0.05, 0.1) is 5.56 Å². The number of phenolic OH excluding ortho intramolecular Hbond substituents is 1. The maximum Gasteiger partial charge on any atom is 0.255 e. The molecule has 0 saturated carbocycles. The van der Waals surface area contributed by atoms with E-state index < -0.39 is 11.7 Å². The summed E-state index contributed by atoms with van der Waals surface area (Å²) in [6.45, 7) is 3.91. The zero-order chi connectivity index (χ0) is 14.0. The minimum atomic E-state index is -0.528. The number of carbonyl (C=O) groups is 1. The zero-order valence-corrected chi connectivity index (χ0v) is 11.2. The predicted octanol–water partition coefficient (Wildman–Crippen LogP) is 1.60. The molecule has 1 aliphatic heterocycles. The molecule has 1 heterocycles. The van der Waals surface area contributed by atoms with Crippen molar-refractivity contribution in [3.8, 4) is 5.75 Å². The smallest absolute Gasteiger partial charge is 0.255 e. The van der Waals surface area contributed by atoms with Crippen molar-refractivity contribution in [3.63, 3.8) is 0 Å². The summed E-state index contributed by atoms with van der Waals surface area (Å²) in [5.41, 5.74) is -0.00821. The lowest BCUT2D eigenvalue weighted by Gasteiger charge is -2.35. The van der Waals surface area contributed by atoms with Gasteiger partial charge in [-0.25, -0.2) is 4.39 Å². The summed E-state index contributed by atoms with van der Waals surface area (Å²) in [6.07, 6.45) is 0.861. The second-order valence-corrected chi connectivity index (χ2v) is 5.27. The highest BCUT2D eigenvalue weighted by Crippen LogP contribution is 2.20. The van der Waals surface area contributed by atoms with E-state index in [4.69, 9.17) is 0 Å². The van der Waals surface area contributed by atoms with Gasteiger partial charge in [-0.05, 0) is 44.1 Å². The Morgan fingerprint density at radius 3 is 2.95 bits per heavy atom. The topological polar surface area (TPSA) is 52.6 Å². The monoisotopic (exact) mass is 266 g/mol. The SMILES string of the molecule is CC1CN(C)CCC1NC(=O)c1cc(F)ccc1O. The number of aromatic hydroxyl groups is 1. The number of hydrogen-bond acceptors (Lipinski definition) is 3. The Hall–Kier alpha value is -1.62. The van der Waals surface area contributed by atoms with Crippen LogP contribution in [0.3, 0.4) is 0 Å². The first-order valence-electron chi connectivity index (χ1n) is 6.45. The van der Waals surface area contributed by atoms with Crippen LogP contribution in [0.1, 0.15) is 23.7 Å². The third-order valence-electron chi connectivity index (χ3n) is 3.63. The van der Waals surface area contributed by atoms with Crippen molar-refractivity contribution in [1.82, 2.24) is 10.2 Å². The molecule has 1 aromatic carbocycles. The first-order valence-corrected chi connectivity index (χ1v) is 6.45. The maximum atomic E-state index is 13.1. The van der Waals surface area contributed by atoms with Crippen LogP contribution in [0.4, 0.5) is 4.39 Å². The summed E-state index contributed by atoms with van der Waals surface area (Å²) in [7, 11) is 2.05. The number of rotatable bonds is 2. The van der Waals surface area contributed by atoms with Crippen LogP contribution >= 0.6 is 0 Å². The molecule has 0 aliphatic carbocycles. The summed E-state index contributed by atoms with van der Waals surface area (Å²) in [6, 6.07) is 3.45. The van der Waals surface area contributed by atoms with Crippen LogP contribution in [0.15, 0.2) is 18.2 Å². The molecular formula is C14H19FN2O2. The molecule has 1 amide bonds. The van der Waals surface area contributed by atoms with E-state index in [1.807, 2.05) is 7.05 Å². The van der Waals surface area contributed by atoms with Gasteiger partial charge in [-0.1, -0.05) is 6.92 Å². The molecule has 2 atom stereocenters. The fraction of sp³-hybridized carbons (Fsp3) is 0.500. The Bertz CT molecular complexity index is 479. The minimum Gasteiger partial charge on any atom is -0.507 e. The lowest BCUT2D eigenvalue weighted by molar-refractivity contribution is 0.0880. The number of benzene rings is 1. The number of hydrogen-bond donors (Lipinski definition) is 2. The molecule has 1 fully saturated rings. The molecule has 1 aromatic rings. The van der Waals surface area contributed by atoms with Crippen LogP contribution < -0.4 is 5.32 Å². The number of nitrogens with zero attached hydrogens (tertiary/aromatic N) is 1. The van der Waals surface area contributed by atoms with E-state index in [1.54, 1.807) is 0 Å². The lowest BCUT2D eigenvalue weighted by atomic mass is 9.94. The fourth-order valence-corrected chi connectivity index (χ4v) is 2.50. The highest BCUT2D eigenvalue weighted by atomic mass is 19.1. The first kappa shape index (κ1) is 13.8. The largest absolute Gasteiger partial charge is 0.507 e. The van der Waals surface area contributed by atoms with Gasteiger partial charge in [0.25, 0.3) is 5.91 Å². The van der Waals surface area contributed by atoms with Crippen molar-refractivity contribution in [2.45, 2.75) is 19.4 Å². The van der Waals surface area contributed by atoms with E-state index >= 15 is 0 Å². The molecule has 2 unspecified atom stereocenters. The average molecular weight is 266 g/mol. The summed E-state index contributed by atoms with van der Waals surface area (Å²) in [4.78, 5) is 14.3. The number of likely N-dealkylation sites (tertiary alicyclic amines) is 1. The third-order valence-corrected chi connectivity index (χ3v) is 3.63. The van der Waals surface area contributed by atoms with Gasteiger partial charge in [0.15, 0.2) is 0 Å². The zero-order valence-electron chi connectivity index (χ0n) is 11.2. The molecule has 104 valence electrons. The molecule has 0 bridgehead atoms. The van der Waals surface area contributed by atoms with Crippen LogP contribution in [-0.4, -0.2) is 42.1 Å². The lowest BCUT2D eigenvalue weighted by Crippen LogP contribution is -2.48. The van der Waals surface area contributed by atoms with Gasteiger partial charge in [0.2, 0.25) is 0 Å². The van der Waals surface area contributed by atoms with Crippen LogP contribution in [-0.2, 0) is 0 Å². The molecule has 2 rings (SSSR count). The van der Waals surface area contributed by atoms with Crippen molar-refractivity contribution < 1.29 is 14.3 Å². The van der Waals surface area contributed by atoms with E-state index in [1.165, 1.54) is 6.07 Å². The van der Waals surface area contributed by atoms with Gasteiger partial charge >= 0.3 is 0 Å². The van der Waals surface area contributed by atoms with Gasteiger partial charge < -0.3 is 15.3 Å². The first-order chi connectivity index (χ1) is 8.97. The van der Waals surface area contributed by atoms with E-state index in [0.717, 1.165) is 31.6 Å². The Morgan fingerprint density at radius 1 is 1.53 bits per heavy atom. The molecular weight excluding hydrogens is 247 g/mol. The van der Waals surface area contributed by atoms with Crippen molar-refractivity contribution >= 4 is 5.91 Å². The number of halogens is 1. The fourth-order valence-electron chi connectivity index (χ4n) is 2.50. The number of amides is 1. The number of carbonyl (C=O) groups excluding carboxylic acids is 1. The Kier molecular flexibility index (Phi) is 4.04. The van der Waals surface area contributed by atoms with Crippen molar-refractivity contribution in [2.24, 2.45) is 5.92 Å². The van der Waals surface area contributed by atoms with E-state index in [9.17, 15) is 14.3 Å². The van der Waals surface area contributed by atoms with Crippen molar-refractivity contribution in [2.75, 3.05) is 20.1 Å². The van der Waals surface area contributed by atoms with Gasteiger partial charge in [-0.3, -0.25) is 4.79 Å². The van der Waals surface area contributed by atoms with Gasteiger partial charge in [0, 0.05) is 12.6 Å². The molecule has 0 spiro atoms. The molecule has 19 heavy (non-hydrogen) atoms. The number of nitrogens with one attached hydrogen (secondary N) is 1. The number of piperidine rings is 1. The quantitative estimate of drug-likeness (QED) is 0.855. The van der Waals surface area contributed by atoms with Crippen LogP contribution in [0.25, 0.3) is 0 Å². The standard InChI is InChI=1S/C14H19FN2O2/c1-9-8-17(2)6-5-12(9)16-14(19)11-7-10(15)3-4-13(11)18/h3-4,7,9,12,18H,5-6,8H2,1-2H3,(H,16,19). The van der Waals surface area contributed by atoms with Gasteiger partial charge in [-0.2, -0.15) is 0 Å². The Balaban J connectivity index is 2.06. The highest BCUT2D eigenvalue weighted by Gasteiger charge is 2.26. The minimum absolute atomic E-state index is 0.00821. The van der Waals surface area contributed by atoms with Crippen molar-refractivity contribution in [3.05, 3.63) is 29.6 Å². The summed E-state index contributed by atoms with van der Waals surface area (Å²) < 4.78 is 13.1. The van der Waals surface area contributed by atoms with E-state index in [-0.39, 0.29) is 17.4 Å². The highest BCUT2D eigenvalue weighted by molar-refractivity contribution is 5.97. The molecule has 1 aliphatic rings. The molecule has 5 heteroatoms. The Morgan fingerprint density at radius 2 is 2.26 bits per heavy atom. The average Bonchev–Trinajstić information content (AvgIpc) is 2.35. The summed E-state index contributed by atoms with van der Waals surface area (Å²) in [5.74, 6) is -0.810. The third kappa shape index (κ3) is 3.23. The van der Waals surface area contributed by atoms with Crippen LogP contribution in [0.2, 0.25) is 0 Å². The molecule has 0 radical (unpaired) electrons. The predicted molar refractivity (Wildman–Crippen MR) is 70.6 cm³/mol. The maximum absolute atomic E-state index is 13.1. The molecule has 2 N–H and O–H groups in total. The summed E-state index contributed by atoms with van der Waals surface area (Å²) in [5, 5.41) is 12.5. The van der Waals surface area contributed by atoms with E-state index in [2.05, 4.69) is 17.1 Å². The normalized spacial score (nSPS) is 24.2. The Labute approximate surface area is 112 Å². The van der Waals surface area contributed by atoms with Gasteiger partial charge in [0.1, 0.15) is 11.6 Å². The molecule has 4 nitrogen and oxygen atoms in total. The second kappa shape index (κ2) is 5.57. The van der Waals surface area contributed by atoms with Crippen LogP contribution in [0, 0.1) is 11.7 Å². The van der Waals surface area contributed by atoms with Crippen LogP contribution in [0.5, 0.6) is 5.75 Å². The van der Waals surface area contributed by atoms with E-state index in [0.29, 0.717) is 5.92 Å². The molecule has 0 aromatic heterocycles. The van der Waals surface area contributed by atoms with Crippen molar-refractivity contribution in [1.29, 1.82) is 0 Å². The van der Waals surface area contributed by atoms with Gasteiger partial charge in [-0.15, -0.1) is 0 Å².